The van der Waals surface area contributed by atoms with Gasteiger partial charge in [-0.1, -0.05) is 24.3 Å². The zero-order chi connectivity index (χ0) is 22.2. The van der Waals surface area contributed by atoms with E-state index in [0.717, 1.165) is 17.7 Å². The standard InChI is InChI=1S/C23H21N3O5/c1-4-11-26-14-24-15(2)19(26)12-23(30-20(27)9-10-21(28)31-23)22(29)17-13-25(3)18-8-6-5-7-16(17)18/h4-10,13-14H,1,11-12H2,2-3H3. The maximum Gasteiger partial charge on any atom is 0.334 e. The van der Waals surface area contributed by atoms with Gasteiger partial charge in [0.05, 0.1) is 24.0 Å². The van der Waals surface area contributed by atoms with Crippen molar-refractivity contribution >= 4 is 28.6 Å². The largest absolute Gasteiger partial charge is 0.411 e. The second kappa shape index (κ2) is 7.71. The smallest absolute Gasteiger partial charge is 0.334 e. The van der Waals surface area contributed by atoms with Crippen LogP contribution < -0.4 is 0 Å². The van der Waals surface area contributed by atoms with Crippen LogP contribution in [0.25, 0.3) is 10.9 Å². The van der Waals surface area contributed by atoms with E-state index >= 15 is 0 Å². The Labute approximate surface area is 178 Å². The highest BCUT2D eigenvalue weighted by molar-refractivity contribution is 6.13. The average molecular weight is 419 g/mol. The number of fused-ring (bicyclic) bond motifs is 1. The van der Waals surface area contributed by atoms with E-state index in [9.17, 15) is 14.4 Å². The highest BCUT2D eigenvalue weighted by Gasteiger charge is 2.49. The van der Waals surface area contributed by atoms with E-state index in [2.05, 4.69) is 11.6 Å². The third-order valence-corrected chi connectivity index (χ3v) is 5.26. The number of benzene rings is 1. The quantitative estimate of drug-likeness (QED) is 0.347. The molecular formula is C23H21N3O5. The monoisotopic (exact) mass is 419 g/mol. The molecule has 0 unspecified atom stereocenters. The molecule has 0 saturated carbocycles. The Morgan fingerprint density at radius 3 is 2.55 bits per heavy atom. The minimum atomic E-state index is -2.18. The summed E-state index contributed by atoms with van der Waals surface area (Å²) in [6.45, 7) is 5.92. The van der Waals surface area contributed by atoms with Gasteiger partial charge in [0.1, 0.15) is 0 Å². The number of Topliss-reactive ketones (excluding diaryl/α,β-unsaturated/α-hetero) is 1. The Morgan fingerprint density at radius 2 is 1.87 bits per heavy atom. The molecule has 3 aromatic rings. The van der Waals surface area contributed by atoms with Crippen LogP contribution in [0.4, 0.5) is 0 Å². The van der Waals surface area contributed by atoms with Crippen molar-refractivity contribution < 1.29 is 23.9 Å². The SMILES string of the molecule is C=CCn1cnc(C)c1CC1(C(=O)c2cn(C)c3ccccc23)OC(=O)C=CC(=O)O1. The van der Waals surface area contributed by atoms with Crippen molar-refractivity contribution in [1.82, 2.24) is 14.1 Å². The first kappa shape index (κ1) is 20.3. The van der Waals surface area contributed by atoms with Crippen molar-refractivity contribution in [2.75, 3.05) is 0 Å². The van der Waals surface area contributed by atoms with E-state index in [1.165, 1.54) is 0 Å². The summed E-state index contributed by atoms with van der Waals surface area (Å²) < 4.78 is 14.6. The molecule has 2 aromatic heterocycles. The summed E-state index contributed by atoms with van der Waals surface area (Å²) in [6, 6.07) is 7.33. The first-order chi connectivity index (χ1) is 14.8. The number of para-hydroxylation sites is 1. The van der Waals surface area contributed by atoms with E-state index < -0.39 is 23.5 Å². The zero-order valence-corrected chi connectivity index (χ0v) is 17.2. The predicted octanol–water partition coefficient (Wildman–Crippen LogP) is 2.65. The summed E-state index contributed by atoms with van der Waals surface area (Å²) in [6.07, 6.45) is 6.64. The van der Waals surface area contributed by atoms with Crippen molar-refractivity contribution in [3.05, 3.63) is 78.5 Å². The molecule has 0 bridgehead atoms. The number of hydrogen-bond donors (Lipinski definition) is 0. The summed E-state index contributed by atoms with van der Waals surface area (Å²) in [5.74, 6) is -4.48. The number of hydrogen-bond acceptors (Lipinski definition) is 6. The van der Waals surface area contributed by atoms with Crippen molar-refractivity contribution in [2.45, 2.75) is 25.7 Å². The number of nitrogens with zero attached hydrogens (tertiary/aromatic N) is 3. The number of rotatable bonds is 6. The number of imidazole rings is 1. The van der Waals surface area contributed by atoms with E-state index in [-0.39, 0.29) is 12.0 Å². The lowest BCUT2D eigenvalue weighted by Gasteiger charge is -2.30. The predicted molar refractivity (Wildman–Crippen MR) is 112 cm³/mol. The summed E-state index contributed by atoms with van der Waals surface area (Å²) in [4.78, 5) is 42.8. The molecule has 0 atom stereocenters. The molecule has 158 valence electrons. The Balaban J connectivity index is 1.88. The number of carbonyl (C=O) groups excluding carboxylic acids is 3. The number of cyclic esters (lactones) is 2. The van der Waals surface area contributed by atoms with Gasteiger partial charge in [-0.3, -0.25) is 4.79 Å². The minimum absolute atomic E-state index is 0.187. The van der Waals surface area contributed by atoms with E-state index in [1.807, 2.05) is 25.2 Å². The Morgan fingerprint density at radius 1 is 1.19 bits per heavy atom. The molecule has 31 heavy (non-hydrogen) atoms. The molecule has 0 spiro atoms. The molecule has 1 aliphatic heterocycles. The first-order valence-corrected chi connectivity index (χ1v) is 9.69. The molecule has 0 fully saturated rings. The molecule has 8 heteroatoms. The lowest BCUT2D eigenvalue weighted by molar-refractivity contribution is -0.201. The van der Waals surface area contributed by atoms with Gasteiger partial charge in [-0.25, -0.2) is 14.6 Å². The molecule has 0 saturated heterocycles. The molecule has 0 radical (unpaired) electrons. The van der Waals surface area contributed by atoms with Gasteiger partial charge in [0.25, 0.3) is 0 Å². The van der Waals surface area contributed by atoms with Crippen LogP contribution in [0.2, 0.25) is 0 Å². The van der Waals surface area contributed by atoms with E-state index in [0.29, 0.717) is 23.3 Å². The third kappa shape index (κ3) is 3.56. The topological polar surface area (TPSA) is 92.4 Å². The first-order valence-electron chi connectivity index (χ1n) is 9.69. The van der Waals surface area contributed by atoms with Crippen LogP contribution >= 0.6 is 0 Å². The highest BCUT2D eigenvalue weighted by atomic mass is 16.7. The van der Waals surface area contributed by atoms with Gasteiger partial charge >= 0.3 is 17.7 Å². The normalized spacial score (nSPS) is 15.4. The summed E-state index contributed by atoms with van der Waals surface area (Å²) in [7, 11) is 1.81. The van der Waals surface area contributed by atoms with Crippen molar-refractivity contribution in [1.29, 1.82) is 0 Å². The molecule has 0 N–H and O–H groups in total. The maximum atomic E-state index is 13.9. The lowest BCUT2D eigenvalue weighted by atomic mass is 9.97. The number of carbonyl (C=O) groups is 3. The lowest BCUT2D eigenvalue weighted by Crippen LogP contribution is -2.48. The van der Waals surface area contributed by atoms with Gasteiger partial charge in [0.15, 0.2) is 0 Å². The van der Waals surface area contributed by atoms with Gasteiger partial charge in [-0.2, -0.15) is 0 Å². The van der Waals surface area contributed by atoms with Crippen LogP contribution in [-0.2, 0) is 39.1 Å². The van der Waals surface area contributed by atoms with E-state index in [1.54, 1.807) is 40.7 Å². The van der Waals surface area contributed by atoms with Gasteiger partial charge in [0.2, 0.25) is 5.78 Å². The van der Waals surface area contributed by atoms with Gasteiger partial charge in [0, 0.05) is 48.5 Å². The average Bonchev–Trinajstić information content (AvgIpc) is 3.21. The summed E-state index contributed by atoms with van der Waals surface area (Å²) in [5, 5.41) is 0.662. The number of ketones is 1. The minimum Gasteiger partial charge on any atom is -0.411 e. The van der Waals surface area contributed by atoms with Crippen LogP contribution in [0.3, 0.4) is 0 Å². The maximum absolute atomic E-state index is 13.9. The molecule has 3 heterocycles. The fourth-order valence-electron chi connectivity index (χ4n) is 3.78. The third-order valence-electron chi connectivity index (χ3n) is 5.26. The van der Waals surface area contributed by atoms with Crippen molar-refractivity contribution in [3.8, 4) is 0 Å². The second-order valence-electron chi connectivity index (χ2n) is 7.32. The highest BCUT2D eigenvalue weighted by Crippen LogP contribution is 2.32. The Bertz CT molecular complexity index is 1230. The molecule has 1 aromatic carbocycles. The number of aryl methyl sites for hydroxylation is 2. The van der Waals surface area contributed by atoms with Crippen molar-refractivity contribution in [3.63, 3.8) is 0 Å². The molecule has 8 nitrogen and oxygen atoms in total. The van der Waals surface area contributed by atoms with Crippen LogP contribution in [0.1, 0.15) is 21.7 Å². The number of allylic oxidation sites excluding steroid dienone is 1. The second-order valence-corrected chi connectivity index (χ2v) is 7.32. The van der Waals surface area contributed by atoms with Gasteiger partial charge < -0.3 is 18.6 Å². The Kier molecular flexibility index (Phi) is 5.06. The van der Waals surface area contributed by atoms with E-state index in [4.69, 9.17) is 9.47 Å². The summed E-state index contributed by atoms with van der Waals surface area (Å²) >= 11 is 0. The van der Waals surface area contributed by atoms with Gasteiger partial charge in [-0.15, -0.1) is 6.58 Å². The van der Waals surface area contributed by atoms with Crippen molar-refractivity contribution in [2.24, 2.45) is 7.05 Å². The van der Waals surface area contributed by atoms with Crippen LogP contribution in [0.5, 0.6) is 0 Å². The molecular weight excluding hydrogens is 398 g/mol. The molecule has 0 aliphatic carbocycles. The Hall–Kier alpha value is -3.94. The zero-order valence-electron chi connectivity index (χ0n) is 17.2. The number of ether oxygens (including phenoxy) is 2. The van der Waals surface area contributed by atoms with Crippen LogP contribution in [0.15, 0.2) is 61.6 Å². The summed E-state index contributed by atoms with van der Waals surface area (Å²) in [5.41, 5.74) is 2.32. The fourth-order valence-corrected chi connectivity index (χ4v) is 3.78. The van der Waals surface area contributed by atoms with Crippen LogP contribution in [-0.4, -0.2) is 37.6 Å². The van der Waals surface area contributed by atoms with Gasteiger partial charge in [-0.05, 0) is 13.0 Å². The molecule has 4 rings (SSSR count). The fraction of sp³-hybridized carbons (Fsp3) is 0.217. The molecule has 0 amide bonds. The number of aromatic nitrogens is 3. The number of esters is 2. The molecule has 1 aliphatic rings. The van der Waals surface area contributed by atoms with Crippen LogP contribution in [0, 0.1) is 6.92 Å².